The summed E-state index contributed by atoms with van der Waals surface area (Å²) >= 11 is 5.06. The number of hydrogen-bond donors (Lipinski definition) is 0. The molecular formula is C6H12NS. The average molecular weight is 130 g/mol. The van der Waals surface area contributed by atoms with Crippen LogP contribution in [0.15, 0.2) is 0 Å². The zero-order valence-corrected chi connectivity index (χ0v) is 6.08. The monoisotopic (exact) mass is 130 g/mol. The molecule has 1 aliphatic rings. The van der Waals surface area contributed by atoms with Gasteiger partial charge in [0, 0.05) is 0 Å². The maximum Gasteiger partial charge on any atom is 0.0633 e. The lowest BCUT2D eigenvalue weighted by Gasteiger charge is -2.16. The lowest BCUT2D eigenvalue weighted by Crippen LogP contribution is -2.25. The van der Waals surface area contributed by atoms with E-state index in [0.29, 0.717) is 5.37 Å². The summed E-state index contributed by atoms with van der Waals surface area (Å²) in [5.41, 5.74) is 0. The summed E-state index contributed by atoms with van der Waals surface area (Å²) in [6.45, 7) is 4.54. The van der Waals surface area contributed by atoms with E-state index in [1.54, 1.807) is 0 Å². The molecule has 0 spiro atoms. The van der Waals surface area contributed by atoms with Crippen LogP contribution in [0.1, 0.15) is 19.8 Å². The van der Waals surface area contributed by atoms with Gasteiger partial charge in [0.2, 0.25) is 0 Å². The van der Waals surface area contributed by atoms with Crippen molar-refractivity contribution in [1.29, 1.82) is 0 Å². The molecule has 1 fully saturated rings. The first-order valence-electron chi connectivity index (χ1n) is 3.20. The van der Waals surface area contributed by atoms with Crippen LogP contribution in [-0.2, 0) is 0 Å². The Hall–Kier alpha value is 0.310. The first kappa shape index (κ1) is 6.43. The Morgan fingerprint density at radius 3 is 2.12 bits per heavy atom. The second-order valence-electron chi connectivity index (χ2n) is 2.34. The first-order valence-corrected chi connectivity index (χ1v) is 3.68. The van der Waals surface area contributed by atoms with Crippen LogP contribution in [0.4, 0.5) is 0 Å². The highest BCUT2D eigenvalue weighted by atomic mass is 32.1. The Morgan fingerprint density at radius 1 is 1.38 bits per heavy atom. The maximum atomic E-state index is 5.06. The van der Waals surface area contributed by atoms with E-state index in [2.05, 4.69) is 11.8 Å². The molecule has 0 amide bonds. The van der Waals surface area contributed by atoms with Gasteiger partial charge in [-0.05, 0) is 32.9 Å². The molecule has 0 aromatic rings. The number of nitrogens with zero attached hydrogens (tertiary/aromatic N) is 1. The smallest absolute Gasteiger partial charge is 0.0633 e. The van der Waals surface area contributed by atoms with Crippen LogP contribution in [0.2, 0.25) is 0 Å². The average Bonchev–Trinajstić information content (AvgIpc) is 2.12. The van der Waals surface area contributed by atoms with Crippen molar-refractivity contribution < 1.29 is 0 Å². The van der Waals surface area contributed by atoms with Gasteiger partial charge in [-0.25, -0.2) is 0 Å². The topological polar surface area (TPSA) is 3.24 Å². The van der Waals surface area contributed by atoms with Gasteiger partial charge in [0.25, 0.3) is 0 Å². The van der Waals surface area contributed by atoms with Crippen molar-refractivity contribution in [2.45, 2.75) is 25.1 Å². The fourth-order valence-corrected chi connectivity index (χ4v) is 1.32. The molecule has 1 heterocycles. The molecular weight excluding hydrogens is 118 g/mol. The molecule has 8 heavy (non-hydrogen) atoms. The van der Waals surface area contributed by atoms with Crippen molar-refractivity contribution in [1.82, 2.24) is 4.90 Å². The van der Waals surface area contributed by atoms with E-state index < -0.39 is 0 Å². The van der Waals surface area contributed by atoms with Crippen molar-refractivity contribution in [3.63, 3.8) is 0 Å². The van der Waals surface area contributed by atoms with Crippen LogP contribution in [0.25, 0.3) is 0 Å². The molecule has 1 atom stereocenters. The van der Waals surface area contributed by atoms with E-state index in [4.69, 9.17) is 12.6 Å². The van der Waals surface area contributed by atoms with Crippen LogP contribution in [-0.4, -0.2) is 23.4 Å². The largest absolute Gasteiger partial charge is 0.291 e. The van der Waals surface area contributed by atoms with Crippen molar-refractivity contribution in [3.8, 4) is 0 Å². The van der Waals surface area contributed by atoms with Gasteiger partial charge >= 0.3 is 0 Å². The van der Waals surface area contributed by atoms with Crippen LogP contribution < -0.4 is 0 Å². The third-order valence-electron chi connectivity index (χ3n) is 1.65. The van der Waals surface area contributed by atoms with Gasteiger partial charge in [-0.1, -0.05) is 12.6 Å². The highest BCUT2D eigenvalue weighted by molar-refractivity contribution is 7.80. The van der Waals surface area contributed by atoms with Crippen LogP contribution in [0, 0.1) is 0 Å². The molecule has 0 aromatic carbocycles. The Bertz CT molecular complexity index is 66.9. The maximum absolute atomic E-state index is 5.06. The summed E-state index contributed by atoms with van der Waals surface area (Å²) in [6, 6.07) is 0. The number of rotatable bonds is 1. The number of hydrogen-bond acceptors (Lipinski definition) is 1. The molecule has 1 nitrogen and oxygen atoms in total. The highest BCUT2D eigenvalue weighted by Gasteiger charge is 2.14. The first-order chi connectivity index (χ1) is 3.80. The summed E-state index contributed by atoms with van der Waals surface area (Å²) in [4.78, 5) is 2.34. The van der Waals surface area contributed by atoms with Gasteiger partial charge < -0.3 is 0 Å². The summed E-state index contributed by atoms with van der Waals surface area (Å²) in [5, 5.41) is 0.359. The van der Waals surface area contributed by atoms with E-state index in [-0.39, 0.29) is 0 Å². The molecule has 1 saturated heterocycles. The summed E-state index contributed by atoms with van der Waals surface area (Å²) < 4.78 is 0. The predicted molar refractivity (Wildman–Crippen MR) is 37.9 cm³/mol. The highest BCUT2D eigenvalue weighted by Crippen LogP contribution is 2.12. The minimum atomic E-state index is 0.359. The van der Waals surface area contributed by atoms with Gasteiger partial charge in [-0.2, -0.15) is 0 Å². The van der Waals surface area contributed by atoms with Gasteiger partial charge in [0.05, 0.1) is 5.37 Å². The zero-order valence-electron chi connectivity index (χ0n) is 5.26. The SMILES string of the molecule is CC([S])N1CCCC1. The van der Waals surface area contributed by atoms with Gasteiger partial charge in [-0.15, -0.1) is 0 Å². The normalized spacial score (nSPS) is 26.2. The Labute approximate surface area is 56.5 Å². The summed E-state index contributed by atoms with van der Waals surface area (Å²) in [7, 11) is 0. The molecule has 1 unspecified atom stereocenters. The van der Waals surface area contributed by atoms with Crippen molar-refractivity contribution in [2.75, 3.05) is 13.1 Å². The van der Waals surface area contributed by atoms with Crippen molar-refractivity contribution in [3.05, 3.63) is 0 Å². The van der Waals surface area contributed by atoms with E-state index in [1.807, 2.05) is 0 Å². The van der Waals surface area contributed by atoms with E-state index in [0.717, 1.165) is 0 Å². The molecule has 1 rings (SSSR count). The van der Waals surface area contributed by atoms with E-state index >= 15 is 0 Å². The molecule has 1 aliphatic heterocycles. The summed E-state index contributed by atoms with van der Waals surface area (Å²) in [6.07, 6.45) is 2.70. The molecule has 2 heteroatoms. The quantitative estimate of drug-likeness (QED) is 0.521. The van der Waals surface area contributed by atoms with Crippen LogP contribution >= 0.6 is 12.6 Å². The van der Waals surface area contributed by atoms with Crippen LogP contribution in [0.3, 0.4) is 0 Å². The van der Waals surface area contributed by atoms with Crippen molar-refractivity contribution >= 4 is 12.6 Å². The second-order valence-corrected chi connectivity index (χ2v) is 3.02. The van der Waals surface area contributed by atoms with Gasteiger partial charge in [-0.3, -0.25) is 4.90 Å². The molecule has 0 bridgehead atoms. The van der Waals surface area contributed by atoms with Gasteiger partial charge in [0.15, 0.2) is 0 Å². The second kappa shape index (κ2) is 2.74. The molecule has 0 saturated carbocycles. The fraction of sp³-hybridized carbons (Fsp3) is 1.00. The van der Waals surface area contributed by atoms with E-state index in [9.17, 15) is 0 Å². The molecule has 0 aliphatic carbocycles. The van der Waals surface area contributed by atoms with E-state index in [1.165, 1.54) is 25.9 Å². The lowest BCUT2D eigenvalue weighted by molar-refractivity contribution is 0.334. The molecule has 47 valence electrons. The fourth-order valence-electron chi connectivity index (χ4n) is 1.11. The standard InChI is InChI=1S/C6H12NS/c1-6(8)7-4-2-3-5-7/h6H,2-5H2,1H3. The predicted octanol–water partition coefficient (Wildman–Crippen LogP) is 1.63. The molecule has 0 N–H and O–H groups in total. The minimum Gasteiger partial charge on any atom is -0.291 e. The lowest BCUT2D eigenvalue weighted by atomic mass is 10.4. The third-order valence-corrected chi connectivity index (χ3v) is 1.95. The zero-order chi connectivity index (χ0) is 5.98. The Kier molecular flexibility index (Phi) is 2.20. The summed E-state index contributed by atoms with van der Waals surface area (Å²) in [5.74, 6) is 0. The van der Waals surface area contributed by atoms with Gasteiger partial charge in [0.1, 0.15) is 0 Å². The van der Waals surface area contributed by atoms with Crippen molar-refractivity contribution in [2.24, 2.45) is 0 Å². The molecule has 0 aromatic heterocycles. The Morgan fingerprint density at radius 2 is 1.88 bits per heavy atom. The number of likely N-dealkylation sites (tertiary alicyclic amines) is 1. The molecule has 1 radical (unpaired) electrons. The minimum absolute atomic E-state index is 0.359. The third kappa shape index (κ3) is 1.39. The Balaban J connectivity index is 2.24. The van der Waals surface area contributed by atoms with Crippen LogP contribution in [0.5, 0.6) is 0 Å².